The average molecular weight is 266 g/mol. The summed E-state index contributed by atoms with van der Waals surface area (Å²) in [4.78, 5) is 24.3. The molecule has 0 radical (unpaired) electrons. The molecule has 19 heavy (non-hydrogen) atoms. The molecular formula is C13H18N2O4. The van der Waals surface area contributed by atoms with Gasteiger partial charge in [-0.05, 0) is 26.8 Å². The zero-order valence-electron chi connectivity index (χ0n) is 11.4. The lowest BCUT2D eigenvalue weighted by Gasteiger charge is -2.20. The predicted molar refractivity (Wildman–Crippen MR) is 71.5 cm³/mol. The summed E-state index contributed by atoms with van der Waals surface area (Å²) < 4.78 is 5.30. The van der Waals surface area contributed by atoms with Crippen molar-refractivity contribution < 1.29 is 14.5 Å². The lowest BCUT2D eigenvalue weighted by molar-refractivity contribution is -0.385. The first kappa shape index (κ1) is 14.9. The lowest BCUT2D eigenvalue weighted by Crippen LogP contribution is -2.30. The van der Waals surface area contributed by atoms with E-state index in [4.69, 9.17) is 4.74 Å². The van der Waals surface area contributed by atoms with Crippen LogP contribution in [0.1, 0.15) is 31.1 Å². The number of para-hydroxylation sites is 1. The highest BCUT2D eigenvalue weighted by atomic mass is 16.6. The second-order valence-electron chi connectivity index (χ2n) is 3.82. The second-order valence-corrected chi connectivity index (χ2v) is 3.82. The summed E-state index contributed by atoms with van der Waals surface area (Å²) in [7, 11) is 0. The number of benzene rings is 1. The summed E-state index contributed by atoms with van der Waals surface area (Å²) in [6.07, 6.45) is 0. The first-order chi connectivity index (χ1) is 9.06. The minimum Gasteiger partial charge on any atom is -0.487 e. The molecule has 1 aromatic carbocycles. The summed E-state index contributed by atoms with van der Waals surface area (Å²) >= 11 is 0. The maximum Gasteiger partial charge on any atom is 0.311 e. The third kappa shape index (κ3) is 3.21. The van der Waals surface area contributed by atoms with E-state index in [1.54, 1.807) is 17.9 Å². The molecule has 1 aromatic rings. The average Bonchev–Trinajstić information content (AvgIpc) is 2.40. The van der Waals surface area contributed by atoms with Crippen molar-refractivity contribution in [3.8, 4) is 5.75 Å². The van der Waals surface area contributed by atoms with Crippen LogP contribution in [0.4, 0.5) is 5.69 Å². The fourth-order valence-corrected chi connectivity index (χ4v) is 1.81. The third-order valence-electron chi connectivity index (χ3n) is 2.76. The number of hydrogen-bond donors (Lipinski definition) is 0. The van der Waals surface area contributed by atoms with E-state index in [-0.39, 0.29) is 29.5 Å². The van der Waals surface area contributed by atoms with Crippen LogP contribution in [0.5, 0.6) is 5.75 Å². The van der Waals surface area contributed by atoms with E-state index >= 15 is 0 Å². The molecule has 0 saturated heterocycles. The van der Waals surface area contributed by atoms with Gasteiger partial charge in [0.25, 0.3) is 5.91 Å². The number of ether oxygens (including phenoxy) is 1. The van der Waals surface area contributed by atoms with Gasteiger partial charge in [-0.15, -0.1) is 0 Å². The van der Waals surface area contributed by atoms with E-state index in [9.17, 15) is 14.9 Å². The molecule has 0 aliphatic carbocycles. The molecule has 0 heterocycles. The highest BCUT2D eigenvalue weighted by molar-refractivity contribution is 5.98. The standard InChI is InChI=1S/C13H18N2O4/c1-4-14(5-2)13(16)10-8-7-9-11(15(17)18)12(10)19-6-3/h7-9H,4-6H2,1-3H3. The molecular weight excluding hydrogens is 248 g/mol. The number of nitro groups is 1. The van der Waals surface area contributed by atoms with Crippen LogP contribution >= 0.6 is 0 Å². The molecule has 6 nitrogen and oxygen atoms in total. The van der Waals surface area contributed by atoms with Crippen molar-refractivity contribution in [1.82, 2.24) is 4.90 Å². The number of rotatable bonds is 6. The number of amides is 1. The Morgan fingerprint density at radius 1 is 1.32 bits per heavy atom. The largest absolute Gasteiger partial charge is 0.487 e. The monoisotopic (exact) mass is 266 g/mol. The van der Waals surface area contributed by atoms with Crippen molar-refractivity contribution >= 4 is 11.6 Å². The van der Waals surface area contributed by atoms with Crippen LogP contribution in [0.3, 0.4) is 0 Å². The molecule has 1 amide bonds. The molecule has 0 N–H and O–H groups in total. The van der Waals surface area contributed by atoms with E-state index in [0.29, 0.717) is 13.1 Å². The van der Waals surface area contributed by atoms with Crippen LogP contribution in [0.2, 0.25) is 0 Å². The molecule has 0 fully saturated rings. The van der Waals surface area contributed by atoms with Crippen LogP contribution in [0.15, 0.2) is 18.2 Å². The van der Waals surface area contributed by atoms with Gasteiger partial charge in [0.05, 0.1) is 17.1 Å². The summed E-state index contributed by atoms with van der Waals surface area (Å²) in [6, 6.07) is 4.39. The van der Waals surface area contributed by atoms with Crippen molar-refractivity contribution in [1.29, 1.82) is 0 Å². The predicted octanol–water partition coefficient (Wildman–Crippen LogP) is 2.48. The van der Waals surface area contributed by atoms with Gasteiger partial charge in [0.2, 0.25) is 5.75 Å². The minimum atomic E-state index is -0.538. The Morgan fingerprint density at radius 2 is 1.95 bits per heavy atom. The zero-order valence-corrected chi connectivity index (χ0v) is 11.4. The molecule has 0 aliphatic heterocycles. The lowest BCUT2D eigenvalue weighted by atomic mass is 10.1. The van der Waals surface area contributed by atoms with Crippen molar-refractivity contribution in [3.05, 3.63) is 33.9 Å². The van der Waals surface area contributed by atoms with Crippen LogP contribution in [0.25, 0.3) is 0 Å². The van der Waals surface area contributed by atoms with Gasteiger partial charge >= 0.3 is 5.69 Å². The second kappa shape index (κ2) is 6.72. The van der Waals surface area contributed by atoms with Gasteiger partial charge < -0.3 is 9.64 Å². The number of nitro benzene ring substituents is 1. The molecule has 0 saturated carbocycles. The van der Waals surface area contributed by atoms with Gasteiger partial charge in [0.1, 0.15) is 0 Å². The molecule has 0 spiro atoms. The van der Waals surface area contributed by atoms with E-state index in [1.165, 1.54) is 12.1 Å². The zero-order chi connectivity index (χ0) is 14.4. The first-order valence-corrected chi connectivity index (χ1v) is 6.26. The Labute approximate surface area is 112 Å². The SMILES string of the molecule is CCOc1c(C(=O)N(CC)CC)cccc1[N+](=O)[O-]. The normalized spacial score (nSPS) is 10.1. The molecule has 0 aromatic heterocycles. The van der Waals surface area contributed by atoms with Gasteiger partial charge in [0, 0.05) is 19.2 Å². The fourth-order valence-electron chi connectivity index (χ4n) is 1.81. The van der Waals surface area contributed by atoms with Gasteiger partial charge in [-0.3, -0.25) is 14.9 Å². The minimum absolute atomic E-state index is 0.0481. The quantitative estimate of drug-likeness (QED) is 0.585. The molecule has 6 heteroatoms. The van der Waals surface area contributed by atoms with E-state index in [1.807, 2.05) is 13.8 Å². The Bertz CT molecular complexity index is 470. The van der Waals surface area contributed by atoms with Crippen LogP contribution in [-0.2, 0) is 0 Å². The highest BCUT2D eigenvalue weighted by Crippen LogP contribution is 2.31. The number of carbonyl (C=O) groups is 1. The van der Waals surface area contributed by atoms with Gasteiger partial charge in [-0.1, -0.05) is 6.07 Å². The number of hydrogen-bond acceptors (Lipinski definition) is 4. The number of carbonyl (C=O) groups excluding carboxylic acids is 1. The first-order valence-electron chi connectivity index (χ1n) is 6.26. The highest BCUT2D eigenvalue weighted by Gasteiger charge is 2.25. The Balaban J connectivity index is 3.30. The molecule has 0 atom stereocenters. The topological polar surface area (TPSA) is 72.7 Å². The van der Waals surface area contributed by atoms with Gasteiger partial charge in [-0.2, -0.15) is 0 Å². The number of nitrogens with zero attached hydrogens (tertiary/aromatic N) is 2. The summed E-state index contributed by atoms with van der Waals surface area (Å²) in [5.74, 6) is -0.205. The maximum absolute atomic E-state index is 12.3. The van der Waals surface area contributed by atoms with Gasteiger partial charge in [0.15, 0.2) is 0 Å². The summed E-state index contributed by atoms with van der Waals surface area (Å²) in [5.41, 5.74) is 0.0552. The van der Waals surface area contributed by atoms with Crippen LogP contribution in [-0.4, -0.2) is 35.4 Å². The fraction of sp³-hybridized carbons (Fsp3) is 0.462. The maximum atomic E-state index is 12.3. The van der Waals surface area contributed by atoms with Crippen LogP contribution < -0.4 is 4.74 Å². The van der Waals surface area contributed by atoms with Crippen molar-refractivity contribution in [2.75, 3.05) is 19.7 Å². The van der Waals surface area contributed by atoms with Crippen molar-refractivity contribution in [2.24, 2.45) is 0 Å². The van der Waals surface area contributed by atoms with Gasteiger partial charge in [-0.25, -0.2) is 0 Å². The van der Waals surface area contributed by atoms with Crippen LogP contribution in [0, 0.1) is 10.1 Å². The van der Waals surface area contributed by atoms with Crippen molar-refractivity contribution in [2.45, 2.75) is 20.8 Å². The third-order valence-corrected chi connectivity index (χ3v) is 2.76. The van der Waals surface area contributed by atoms with E-state index in [2.05, 4.69) is 0 Å². The molecule has 104 valence electrons. The summed E-state index contributed by atoms with van der Waals surface area (Å²) in [6.45, 7) is 6.80. The molecule has 1 rings (SSSR count). The molecule has 0 aliphatic rings. The Morgan fingerprint density at radius 3 is 2.42 bits per heavy atom. The Hall–Kier alpha value is -2.11. The molecule has 0 unspecified atom stereocenters. The van der Waals surface area contributed by atoms with Crippen molar-refractivity contribution in [3.63, 3.8) is 0 Å². The summed E-state index contributed by atoms with van der Waals surface area (Å²) in [5, 5.41) is 11.0. The Kier molecular flexibility index (Phi) is 5.29. The molecule has 0 bridgehead atoms. The van der Waals surface area contributed by atoms with E-state index in [0.717, 1.165) is 0 Å². The van der Waals surface area contributed by atoms with E-state index < -0.39 is 4.92 Å². The smallest absolute Gasteiger partial charge is 0.311 e.